The molecule has 0 aromatic heterocycles. The van der Waals surface area contributed by atoms with E-state index in [2.05, 4.69) is 25.7 Å². The summed E-state index contributed by atoms with van der Waals surface area (Å²) in [4.78, 5) is 0. The molecule has 0 saturated carbocycles. The van der Waals surface area contributed by atoms with Gasteiger partial charge in [-0.05, 0) is 19.3 Å². The third-order valence-corrected chi connectivity index (χ3v) is 2.72. The van der Waals surface area contributed by atoms with Gasteiger partial charge in [-0.1, -0.05) is 19.9 Å². The number of rotatable bonds is 8. The lowest BCUT2D eigenvalue weighted by Gasteiger charge is -2.16. The van der Waals surface area contributed by atoms with E-state index in [1.807, 2.05) is 6.08 Å². The van der Waals surface area contributed by atoms with E-state index in [0.717, 1.165) is 39.0 Å². The second kappa shape index (κ2) is 7.82. The fourth-order valence-corrected chi connectivity index (χ4v) is 1.80. The largest absolute Gasteiger partial charge is 0.378 e. The molecular formula is C13H25NO2. The maximum absolute atomic E-state index is 5.88. The lowest BCUT2D eigenvalue weighted by Crippen LogP contribution is -2.32. The minimum atomic E-state index is 0.295. The van der Waals surface area contributed by atoms with Gasteiger partial charge in [0.1, 0.15) is 0 Å². The van der Waals surface area contributed by atoms with Crippen LogP contribution in [-0.2, 0) is 9.47 Å². The first-order valence-corrected chi connectivity index (χ1v) is 6.30. The minimum Gasteiger partial charge on any atom is -0.378 e. The van der Waals surface area contributed by atoms with Crippen molar-refractivity contribution in [3.63, 3.8) is 0 Å². The summed E-state index contributed by atoms with van der Waals surface area (Å²) in [6, 6.07) is 0.534. The normalized spacial score (nSPS) is 25.2. The highest BCUT2D eigenvalue weighted by Crippen LogP contribution is 2.19. The molecule has 1 rings (SSSR count). The van der Waals surface area contributed by atoms with Crippen LogP contribution in [0.5, 0.6) is 0 Å². The van der Waals surface area contributed by atoms with Gasteiger partial charge in [-0.2, -0.15) is 0 Å². The summed E-state index contributed by atoms with van der Waals surface area (Å²) in [7, 11) is 0. The summed E-state index contributed by atoms with van der Waals surface area (Å²) in [5, 5.41) is 3.41. The minimum absolute atomic E-state index is 0.295. The monoisotopic (exact) mass is 227 g/mol. The molecule has 2 atom stereocenters. The Bertz CT molecular complexity index is 194. The summed E-state index contributed by atoms with van der Waals surface area (Å²) < 4.78 is 11.4. The highest BCUT2D eigenvalue weighted by molar-refractivity contribution is 4.76. The summed E-state index contributed by atoms with van der Waals surface area (Å²) >= 11 is 0. The number of hydrogen-bond donors (Lipinski definition) is 1. The molecule has 2 unspecified atom stereocenters. The van der Waals surface area contributed by atoms with Crippen LogP contribution in [0, 0.1) is 0 Å². The fourth-order valence-electron chi connectivity index (χ4n) is 1.80. The van der Waals surface area contributed by atoms with Crippen LogP contribution in [-0.4, -0.2) is 38.0 Å². The van der Waals surface area contributed by atoms with Gasteiger partial charge < -0.3 is 14.8 Å². The van der Waals surface area contributed by atoms with Crippen molar-refractivity contribution in [2.75, 3.05) is 19.8 Å². The molecule has 1 aliphatic rings. The maximum Gasteiger partial charge on any atom is 0.0813 e. The average Bonchev–Trinajstić information content (AvgIpc) is 2.70. The van der Waals surface area contributed by atoms with E-state index in [1.54, 1.807) is 0 Å². The van der Waals surface area contributed by atoms with E-state index < -0.39 is 0 Å². The zero-order valence-corrected chi connectivity index (χ0v) is 10.6. The molecule has 0 spiro atoms. The van der Waals surface area contributed by atoms with Gasteiger partial charge in [-0.3, -0.25) is 0 Å². The molecule has 0 radical (unpaired) electrons. The van der Waals surface area contributed by atoms with Crippen molar-refractivity contribution in [1.82, 2.24) is 5.32 Å². The van der Waals surface area contributed by atoms with Gasteiger partial charge in [-0.25, -0.2) is 0 Å². The Balaban J connectivity index is 2.03. The van der Waals surface area contributed by atoms with Crippen molar-refractivity contribution < 1.29 is 9.47 Å². The Hall–Kier alpha value is -0.380. The summed E-state index contributed by atoms with van der Waals surface area (Å²) in [5.74, 6) is 0. The number of nitrogens with one attached hydrogen (secondary N) is 1. The maximum atomic E-state index is 5.88. The average molecular weight is 227 g/mol. The molecule has 0 aromatic rings. The molecule has 0 aromatic carbocycles. The van der Waals surface area contributed by atoms with E-state index in [4.69, 9.17) is 9.47 Å². The van der Waals surface area contributed by atoms with Crippen LogP contribution >= 0.6 is 0 Å². The quantitative estimate of drug-likeness (QED) is 0.509. The van der Waals surface area contributed by atoms with Gasteiger partial charge in [0.15, 0.2) is 0 Å². The Kier molecular flexibility index (Phi) is 6.69. The van der Waals surface area contributed by atoms with E-state index in [9.17, 15) is 0 Å². The van der Waals surface area contributed by atoms with E-state index in [1.165, 1.54) is 0 Å². The first kappa shape index (κ1) is 13.7. The Morgan fingerprint density at radius 1 is 1.44 bits per heavy atom. The molecule has 1 saturated heterocycles. The molecule has 0 bridgehead atoms. The summed E-state index contributed by atoms with van der Waals surface area (Å²) in [5.41, 5.74) is 0. The van der Waals surface area contributed by atoms with Crippen molar-refractivity contribution in [1.29, 1.82) is 0 Å². The van der Waals surface area contributed by atoms with Crippen molar-refractivity contribution >= 4 is 0 Å². The molecule has 94 valence electrons. The van der Waals surface area contributed by atoms with Gasteiger partial charge in [0.05, 0.1) is 25.4 Å². The zero-order valence-electron chi connectivity index (χ0n) is 10.6. The van der Waals surface area contributed by atoms with Crippen molar-refractivity contribution in [3.8, 4) is 0 Å². The highest BCUT2D eigenvalue weighted by atomic mass is 16.5. The van der Waals surface area contributed by atoms with Crippen molar-refractivity contribution in [3.05, 3.63) is 12.7 Å². The lowest BCUT2D eigenvalue weighted by molar-refractivity contribution is -0.0137. The molecule has 1 heterocycles. The van der Waals surface area contributed by atoms with Crippen LogP contribution in [0.1, 0.15) is 33.1 Å². The van der Waals surface area contributed by atoms with Crippen LogP contribution in [0.2, 0.25) is 0 Å². The third kappa shape index (κ3) is 5.64. The molecule has 1 aliphatic heterocycles. The first-order valence-electron chi connectivity index (χ1n) is 6.30. The smallest absolute Gasteiger partial charge is 0.0813 e. The van der Waals surface area contributed by atoms with Gasteiger partial charge in [0.2, 0.25) is 0 Å². The second-order valence-electron chi connectivity index (χ2n) is 4.67. The predicted octanol–water partition coefficient (Wildman–Crippen LogP) is 2.12. The standard InChI is InChI=1S/C13H25NO2/c1-4-5-8-15-10-13-7-6-12(16-13)9-14-11(2)3/h4,11-14H,1,5-10H2,2-3H3. The number of ether oxygens (including phenoxy) is 2. The van der Waals surface area contributed by atoms with Crippen LogP contribution in [0.3, 0.4) is 0 Å². The topological polar surface area (TPSA) is 30.5 Å². The SMILES string of the molecule is C=CCCOCC1CCC(CNC(C)C)O1. The van der Waals surface area contributed by atoms with Crippen LogP contribution in [0.15, 0.2) is 12.7 Å². The van der Waals surface area contributed by atoms with Gasteiger partial charge in [0.25, 0.3) is 0 Å². The fraction of sp³-hybridized carbons (Fsp3) is 0.846. The first-order chi connectivity index (χ1) is 7.72. The summed E-state index contributed by atoms with van der Waals surface area (Å²) in [6.07, 6.45) is 5.74. The second-order valence-corrected chi connectivity index (χ2v) is 4.67. The molecular weight excluding hydrogens is 202 g/mol. The third-order valence-electron chi connectivity index (χ3n) is 2.72. The zero-order chi connectivity index (χ0) is 11.8. The van der Waals surface area contributed by atoms with Gasteiger partial charge in [0, 0.05) is 12.6 Å². The molecule has 3 heteroatoms. The Morgan fingerprint density at radius 2 is 2.19 bits per heavy atom. The summed E-state index contributed by atoms with van der Waals surface area (Å²) in [6.45, 7) is 10.4. The number of hydrogen-bond acceptors (Lipinski definition) is 3. The Morgan fingerprint density at radius 3 is 2.88 bits per heavy atom. The van der Waals surface area contributed by atoms with Gasteiger partial charge >= 0.3 is 0 Å². The van der Waals surface area contributed by atoms with Crippen molar-refractivity contribution in [2.45, 2.75) is 51.4 Å². The van der Waals surface area contributed by atoms with Crippen LogP contribution in [0.25, 0.3) is 0 Å². The predicted molar refractivity (Wildman–Crippen MR) is 66.7 cm³/mol. The molecule has 0 amide bonds. The highest BCUT2D eigenvalue weighted by Gasteiger charge is 2.24. The van der Waals surface area contributed by atoms with Crippen molar-refractivity contribution in [2.24, 2.45) is 0 Å². The van der Waals surface area contributed by atoms with E-state index in [-0.39, 0.29) is 0 Å². The van der Waals surface area contributed by atoms with Gasteiger partial charge in [-0.15, -0.1) is 6.58 Å². The van der Waals surface area contributed by atoms with Crippen LogP contribution in [0.4, 0.5) is 0 Å². The lowest BCUT2D eigenvalue weighted by atomic mass is 10.2. The van der Waals surface area contributed by atoms with E-state index in [0.29, 0.717) is 18.2 Å². The molecule has 16 heavy (non-hydrogen) atoms. The molecule has 3 nitrogen and oxygen atoms in total. The van der Waals surface area contributed by atoms with E-state index >= 15 is 0 Å². The Labute approximate surface area is 99.2 Å². The molecule has 0 aliphatic carbocycles. The molecule has 1 N–H and O–H groups in total. The van der Waals surface area contributed by atoms with Crippen LogP contribution < -0.4 is 5.32 Å². The molecule has 1 fully saturated rings.